The Balaban J connectivity index is 3.14. The van der Waals surface area contributed by atoms with Gasteiger partial charge in [0.05, 0.1) is 22.8 Å². The largest absolute Gasteiger partial charge is 0.497 e. The van der Waals surface area contributed by atoms with Gasteiger partial charge in [-0.3, -0.25) is 0 Å². The average molecular weight is 268 g/mol. The van der Waals surface area contributed by atoms with Gasteiger partial charge in [-0.1, -0.05) is 23.8 Å². The molecule has 0 bridgehead atoms. The van der Waals surface area contributed by atoms with Gasteiger partial charge in [0.25, 0.3) is 0 Å². The van der Waals surface area contributed by atoms with Gasteiger partial charge in [0.1, 0.15) is 12.4 Å². The van der Waals surface area contributed by atoms with Crippen molar-refractivity contribution < 1.29 is 13.3 Å². The van der Waals surface area contributed by atoms with E-state index in [1.807, 2.05) is 19.1 Å². The molecule has 98 valence electrons. The quantitative estimate of drug-likeness (QED) is 0.583. The molecule has 0 fully saturated rings. The fraction of sp³-hybridized carbons (Fsp3) is 0.286. The second-order valence-electron chi connectivity index (χ2n) is 3.76. The summed E-state index contributed by atoms with van der Waals surface area (Å²) in [4.78, 5) is 1.07. The summed E-state index contributed by atoms with van der Waals surface area (Å²) in [5.74, 6) is 0.119. The van der Waals surface area contributed by atoms with Crippen molar-refractivity contribution in [2.45, 2.75) is 18.2 Å². The number of alkyl halides is 1. The topological polar surface area (TPSA) is 26.3 Å². The Morgan fingerprint density at radius 1 is 1.44 bits per heavy atom. The molecule has 0 radical (unpaired) electrons. The number of benzene rings is 1. The zero-order valence-electron chi connectivity index (χ0n) is 10.6. The summed E-state index contributed by atoms with van der Waals surface area (Å²) in [6, 6.07) is 7.31. The SMILES string of the molecule is C=CC/C(=C(/CF)OC)S(=O)c1ccc(C)cc1. The summed E-state index contributed by atoms with van der Waals surface area (Å²) >= 11 is 0. The highest BCUT2D eigenvalue weighted by atomic mass is 32.2. The molecule has 0 saturated heterocycles. The van der Waals surface area contributed by atoms with Gasteiger partial charge in [-0.2, -0.15) is 0 Å². The molecule has 0 N–H and O–H groups in total. The highest BCUT2D eigenvalue weighted by molar-refractivity contribution is 7.89. The molecule has 1 unspecified atom stereocenters. The second-order valence-corrected chi connectivity index (χ2v) is 5.26. The Hall–Kier alpha value is -1.42. The van der Waals surface area contributed by atoms with Crippen LogP contribution in [0.4, 0.5) is 4.39 Å². The van der Waals surface area contributed by atoms with Gasteiger partial charge < -0.3 is 4.74 Å². The first-order chi connectivity index (χ1) is 8.63. The third kappa shape index (κ3) is 3.53. The highest BCUT2D eigenvalue weighted by Gasteiger charge is 2.15. The van der Waals surface area contributed by atoms with Crippen molar-refractivity contribution in [2.24, 2.45) is 0 Å². The van der Waals surface area contributed by atoms with Crippen LogP contribution < -0.4 is 0 Å². The molecule has 0 spiro atoms. The minimum Gasteiger partial charge on any atom is -0.497 e. The van der Waals surface area contributed by atoms with Crippen LogP contribution in [0.3, 0.4) is 0 Å². The van der Waals surface area contributed by atoms with E-state index in [1.165, 1.54) is 7.11 Å². The molecule has 1 atom stereocenters. The first-order valence-corrected chi connectivity index (χ1v) is 6.70. The number of halogens is 1. The van der Waals surface area contributed by atoms with E-state index in [4.69, 9.17) is 4.74 Å². The van der Waals surface area contributed by atoms with E-state index >= 15 is 0 Å². The van der Waals surface area contributed by atoms with Gasteiger partial charge in [-0.05, 0) is 19.1 Å². The number of hydrogen-bond acceptors (Lipinski definition) is 2. The molecule has 1 aromatic rings. The monoisotopic (exact) mass is 268 g/mol. The van der Waals surface area contributed by atoms with Crippen LogP contribution in [0.5, 0.6) is 0 Å². The molecule has 1 aromatic carbocycles. The van der Waals surface area contributed by atoms with Crippen molar-refractivity contribution in [3.8, 4) is 0 Å². The molecule has 0 saturated carbocycles. The van der Waals surface area contributed by atoms with E-state index in [9.17, 15) is 8.60 Å². The van der Waals surface area contributed by atoms with Crippen LogP contribution in [0.1, 0.15) is 12.0 Å². The van der Waals surface area contributed by atoms with E-state index in [0.29, 0.717) is 16.2 Å². The second kappa shape index (κ2) is 7.11. The summed E-state index contributed by atoms with van der Waals surface area (Å²) < 4.78 is 30.1. The Labute approximate surface area is 110 Å². The van der Waals surface area contributed by atoms with Gasteiger partial charge >= 0.3 is 0 Å². The highest BCUT2D eigenvalue weighted by Crippen LogP contribution is 2.22. The zero-order chi connectivity index (χ0) is 13.5. The van der Waals surface area contributed by atoms with Crippen molar-refractivity contribution >= 4 is 10.8 Å². The molecule has 2 nitrogen and oxygen atoms in total. The van der Waals surface area contributed by atoms with Crippen LogP contribution in [-0.2, 0) is 15.5 Å². The van der Waals surface area contributed by atoms with Crippen molar-refractivity contribution in [1.82, 2.24) is 0 Å². The first-order valence-electron chi connectivity index (χ1n) is 5.55. The maximum Gasteiger partial charge on any atom is 0.147 e. The van der Waals surface area contributed by atoms with E-state index in [-0.39, 0.29) is 5.76 Å². The summed E-state index contributed by atoms with van der Waals surface area (Å²) in [7, 11) is -0.0365. The number of hydrogen-bond donors (Lipinski definition) is 0. The Kier molecular flexibility index (Phi) is 5.78. The third-order valence-electron chi connectivity index (χ3n) is 2.47. The van der Waals surface area contributed by atoms with Crippen LogP contribution in [-0.4, -0.2) is 18.0 Å². The Morgan fingerprint density at radius 2 is 2.06 bits per heavy atom. The molecular weight excluding hydrogens is 251 g/mol. The minimum absolute atomic E-state index is 0.119. The van der Waals surface area contributed by atoms with Crippen molar-refractivity contribution in [2.75, 3.05) is 13.8 Å². The zero-order valence-corrected chi connectivity index (χ0v) is 11.4. The number of aryl methyl sites for hydroxylation is 1. The Morgan fingerprint density at radius 3 is 2.50 bits per heavy atom. The molecule has 0 heterocycles. The van der Waals surface area contributed by atoms with Crippen LogP contribution in [0.2, 0.25) is 0 Å². The van der Waals surface area contributed by atoms with Gasteiger partial charge in [0.15, 0.2) is 0 Å². The number of methoxy groups -OCH3 is 1. The van der Waals surface area contributed by atoms with Gasteiger partial charge in [-0.15, -0.1) is 6.58 Å². The van der Waals surface area contributed by atoms with E-state index in [1.54, 1.807) is 18.2 Å². The normalized spacial score (nSPS) is 13.7. The predicted octanol–water partition coefficient (Wildman–Crippen LogP) is 3.51. The van der Waals surface area contributed by atoms with Crippen molar-refractivity contribution in [3.05, 3.63) is 53.1 Å². The molecule has 18 heavy (non-hydrogen) atoms. The smallest absolute Gasteiger partial charge is 0.147 e. The molecule has 4 heteroatoms. The molecule has 0 aliphatic heterocycles. The summed E-state index contributed by atoms with van der Waals surface area (Å²) in [6.45, 7) is 4.78. The molecule has 0 aliphatic carbocycles. The number of allylic oxidation sites excluding steroid dienone is 3. The van der Waals surface area contributed by atoms with Gasteiger partial charge in [0.2, 0.25) is 0 Å². The van der Waals surface area contributed by atoms with Crippen LogP contribution >= 0.6 is 0 Å². The summed E-state index contributed by atoms with van der Waals surface area (Å²) in [5, 5.41) is 0. The van der Waals surface area contributed by atoms with Crippen LogP contribution in [0.25, 0.3) is 0 Å². The standard InChI is InChI=1S/C14H17FO2S/c1-4-5-14(13(10-15)17-3)18(16)12-8-6-11(2)7-9-12/h4,6-9H,1,5,10H2,2-3H3/b14-13+. The van der Waals surface area contributed by atoms with Crippen molar-refractivity contribution in [3.63, 3.8) is 0 Å². The molecular formula is C14H17FO2S. The lowest BCUT2D eigenvalue weighted by Crippen LogP contribution is -2.03. The number of ether oxygens (including phenoxy) is 1. The van der Waals surface area contributed by atoms with Crippen molar-refractivity contribution in [1.29, 1.82) is 0 Å². The van der Waals surface area contributed by atoms with Crippen LogP contribution in [0, 0.1) is 6.92 Å². The summed E-state index contributed by atoms with van der Waals surface area (Å²) in [5.41, 5.74) is 1.09. The van der Waals surface area contributed by atoms with Gasteiger partial charge in [0, 0.05) is 11.3 Å². The van der Waals surface area contributed by atoms with E-state index in [0.717, 1.165) is 5.56 Å². The summed E-state index contributed by atoms with van der Waals surface area (Å²) in [6.07, 6.45) is 1.93. The molecule has 0 aliphatic rings. The fourth-order valence-corrected chi connectivity index (χ4v) is 2.75. The lowest BCUT2D eigenvalue weighted by atomic mass is 10.2. The first kappa shape index (κ1) is 14.6. The molecule has 0 aromatic heterocycles. The Bertz CT molecular complexity index is 457. The minimum atomic E-state index is -1.42. The molecule has 1 rings (SSSR count). The predicted molar refractivity (Wildman–Crippen MR) is 72.4 cm³/mol. The number of rotatable bonds is 6. The fourth-order valence-electron chi connectivity index (χ4n) is 1.47. The lowest BCUT2D eigenvalue weighted by Gasteiger charge is -2.10. The van der Waals surface area contributed by atoms with E-state index < -0.39 is 17.5 Å². The average Bonchev–Trinajstić information content (AvgIpc) is 2.39. The molecule has 0 amide bonds. The van der Waals surface area contributed by atoms with Gasteiger partial charge in [-0.25, -0.2) is 8.60 Å². The van der Waals surface area contributed by atoms with E-state index in [2.05, 4.69) is 6.58 Å². The van der Waals surface area contributed by atoms with Crippen LogP contribution in [0.15, 0.2) is 52.5 Å². The maximum atomic E-state index is 12.8. The maximum absolute atomic E-state index is 12.8. The lowest BCUT2D eigenvalue weighted by molar-refractivity contribution is 0.253. The third-order valence-corrected chi connectivity index (χ3v) is 4.01.